The number of ketones is 1. The molecule has 7 heteroatoms. The van der Waals surface area contributed by atoms with Crippen LogP contribution in [0, 0.1) is 0 Å². The zero-order valence-corrected chi connectivity index (χ0v) is 23.8. The van der Waals surface area contributed by atoms with Crippen LogP contribution in [0.4, 0.5) is 0 Å². The third-order valence-corrected chi connectivity index (χ3v) is 9.33. The fourth-order valence-electron chi connectivity index (χ4n) is 6.30. The number of nitrogens with one attached hydrogen (secondary N) is 4. The van der Waals surface area contributed by atoms with Gasteiger partial charge in [-0.3, -0.25) is 9.78 Å². The SMILES string of the molecule is CCCC(=O)c1ccc(Sc2cc3nc(c2)CN[C@@H]2CCCC[C@H]2NCCN[C@@H]2CCCC[C@H]2NC3)cc1. The molecule has 5 rings (SSSR count). The topological polar surface area (TPSA) is 78.1 Å². The standard InChI is InChI=1S/C31H45N5OS/c1-2-7-31(37)22-12-14-25(15-13-22)38-26-18-23-20-34-29-10-5-3-8-27(29)32-16-17-33-28-9-4-6-11-30(28)35-21-24(19-26)36-23/h12-15,18-19,27-30,32-35H,2-11,16-17,20-21H2,1H3/t27-,28-,29-,30-/m1/s1. The molecule has 4 N–H and O–H groups in total. The minimum atomic E-state index is 0.227. The van der Waals surface area contributed by atoms with Crippen LogP contribution >= 0.6 is 11.8 Å². The first kappa shape index (κ1) is 27.8. The fourth-order valence-corrected chi connectivity index (χ4v) is 7.24. The summed E-state index contributed by atoms with van der Waals surface area (Å²) in [4.78, 5) is 19.7. The Bertz CT molecular complexity index is 997. The molecular weight excluding hydrogens is 490 g/mol. The monoisotopic (exact) mass is 535 g/mol. The maximum absolute atomic E-state index is 12.3. The van der Waals surface area contributed by atoms with E-state index in [2.05, 4.69) is 45.5 Å². The Hall–Kier alpha value is -1.77. The predicted octanol–water partition coefficient (Wildman–Crippen LogP) is 5.21. The summed E-state index contributed by atoms with van der Waals surface area (Å²) < 4.78 is 0. The minimum Gasteiger partial charge on any atom is -0.311 e. The smallest absolute Gasteiger partial charge is 0.162 e. The van der Waals surface area contributed by atoms with E-state index in [0.717, 1.165) is 54.4 Å². The molecule has 0 spiro atoms. The van der Waals surface area contributed by atoms with Crippen molar-refractivity contribution in [3.63, 3.8) is 0 Å². The van der Waals surface area contributed by atoms with Crippen LogP contribution in [0.3, 0.4) is 0 Å². The Morgan fingerprint density at radius 1 is 0.763 bits per heavy atom. The third kappa shape index (κ3) is 7.66. The lowest BCUT2D eigenvalue weighted by Gasteiger charge is -2.34. The normalized spacial score (nSPS) is 26.9. The van der Waals surface area contributed by atoms with Gasteiger partial charge in [-0.05, 0) is 56.4 Å². The van der Waals surface area contributed by atoms with E-state index in [0.29, 0.717) is 30.6 Å². The number of fused-ring (bicyclic) bond motifs is 4. The van der Waals surface area contributed by atoms with Crippen molar-refractivity contribution < 1.29 is 4.79 Å². The number of hydrogen-bond donors (Lipinski definition) is 4. The van der Waals surface area contributed by atoms with Crippen molar-refractivity contribution in [3.05, 3.63) is 53.3 Å². The molecule has 2 heterocycles. The largest absolute Gasteiger partial charge is 0.311 e. The number of rotatable bonds is 5. The van der Waals surface area contributed by atoms with Crippen LogP contribution in [0.2, 0.25) is 0 Å². The number of benzene rings is 1. The van der Waals surface area contributed by atoms with Crippen molar-refractivity contribution in [3.8, 4) is 0 Å². The van der Waals surface area contributed by atoms with Gasteiger partial charge in [0, 0.05) is 72.1 Å². The van der Waals surface area contributed by atoms with E-state index in [1.54, 1.807) is 11.8 Å². The van der Waals surface area contributed by atoms with Crippen LogP contribution in [0.15, 0.2) is 46.2 Å². The molecule has 2 bridgehead atoms. The molecule has 0 saturated heterocycles. The van der Waals surface area contributed by atoms with Crippen LogP contribution in [0.25, 0.3) is 0 Å². The Morgan fingerprint density at radius 3 is 1.76 bits per heavy atom. The first-order chi connectivity index (χ1) is 18.7. The molecule has 206 valence electrons. The van der Waals surface area contributed by atoms with E-state index in [4.69, 9.17) is 4.98 Å². The number of Topliss-reactive ketones (excluding diaryl/α,β-unsaturated/α-hetero) is 1. The van der Waals surface area contributed by atoms with E-state index >= 15 is 0 Å². The summed E-state index contributed by atoms with van der Waals surface area (Å²) in [7, 11) is 0. The summed E-state index contributed by atoms with van der Waals surface area (Å²) in [5, 5.41) is 15.4. The van der Waals surface area contributed by atoms with Gasteiger partial charge in [0.1, 0.15) is 0 Å². The molecule has 38 heavy (non-hydrogen) atoms. The van der Waals surface area contributed by atoms with E-state index < -0.39 is 0 Å². The summed E-state index contributed by atoms with van der Waals surface area (Å²) in [6.45, 7) is 5.69. The molecule has 2 fully saturated rings. The van der Waals surface area contributed by atoms with Gasteiger partial charge in [0.15, 0.2) is 5.78 Å². The predicted molar refractivity (Wildman–Crippen MR) is 156 cm³/mol. The van der Waals surface area contributed by atoms with Crippen molar-refractivity contribution in [2.45, 2.75) is 118 Å². The van der Waals surface area contributed by atoms with Crippen LogP contribution < -0.4 is 21.3 Å². The van der Waals surface area contributed by atoms with Gasteiger partial charge < -0.3 is 21.3 Å². The first-order valence-electron chi connectivity index (χ1n) is 14.9. The van der Waals surface area contributed by atoms with Gasteiger partial charge in [0.05, 0.1) is 11.4 Å². The number of pyridine rings is 1. The highest BCUT2D eigenvalue weighted by Gasteiger charge is 2.27. The van der Waals surface area contributed by atoms with Gasteiger partial charge >= 0.3 is 0 Å². The lowest BCUT2D eigenvalue weighted by Crippen LogP contribution is -2.53. The van der Waals surface area contributed by atoms with Gasteiger partial charge in [-0.15, -0.1) is 0 Å². The number of aromatic nitrogens is 1. The van der Waals surface area contributed by atoms with Crippen molar-refractivity contribution >= 4 is 17.5 Å². The average molecular weight is 536 g/mol. The highest BCUT2D eigenvalue weighted by molar-refractivity contribution is 7.99. The average Bonchev–Trinajstić information content (AvgIpc) is 2.94. The highest BCUT2D eigenvalue weighted by atomic mass is 32.2. The highest BCUT2D eigenvalue weighted by Crippen LogP contribution is 2.30. The molecule has 3 aliphatic rings. The van der Waals surface area contributed by atoms with Crippen LogP contribution in [-0.2, 0) is 13.1 Å². The number of carbonyl (C=O) groups is 1. The molecule has 1 aliphatic heterocycles. The minimum absolute atomic E-state index is 0.227. The van der Waals surface area contributed by atoms with Crippen molar-refractivity contribution in [2.24, 2.45) is 0 Å². The Balaban J connectivity index is 1.35. The summed E-state index contributed by atoms with van der Waals surface area (Å²) in [6.07, 6.45) is 11.7. The molecule has 2 saturated carbocycles. The number of carbonyl (C=O) groups excluding carboxylic acids is 1. The zero-order valence-electron chi connectivity index (χ0n) is 22.9. The molecule has 1 aromatic carbocycles. The summed E-state index contributed by atoms with van der Waals surface area (Å²) in [5.41, 5.74) is 3.03. The van der Waals surface area contributed by atoms with Crippen molar-refractivity contribution in [1.29, 1.82) is 0 Å². The van der Waals surface area contributed by atoms with E-state index in [9.17, 15) is 4.79 Å². The Morgan fingerprint density at radius 2 is 1.26 bits per heavy atom. The van der Waals surface area contributed by atoms with Gasteiger partial charge in [0.2, 0.25) is 0 Å². The Kier molecular flexibility index (Phi) is 10.3. The third-order valence-electron chi connectivity index (χ3n) is 8.35. The molecular formula is C31H45N5OS. The summed E-state index contributed by atoms with van der Waals surface area (Å²) >= 11 is 1.76. The van der Waals surface area contributed by atoms with Crippen molar-refractivity contribution in [1.82, 2.24) is 26.3 Å². The van der Waals surface area contributed by atoms with Crippen LogP contribution in [0.1, 0.15) is 92.9 Å². The van der Waals surface area contributed by atoms with Gasteiger partial charge in [-0.2, -0.15) is 0 Å². The maximum atomic E-state index is 12.3. The van der Waals surface area contributed by atoms with Crippen LogP contribution in [-0.4, -0.2) is 48.0 Å². The van der Waals surface area contributed by atoms with E-state index in [-0.39, 0.29) is 5.78 Å². The van der Waals surface area contributed by atoms with Gasteiger partial charge in [-0.1, -0.05) is 56.5 Å². The fraction of sp³-hybridized carbons (Fsp3) is 0.613. The first-order valence-corrected chi connectivity index (χ1v) is 15.7. The number of nitrogens with zero attached hydrogens (tertiary/aromatic N) is 1. The molecule has 2 aromatic rings. The molecule has 1 aromatic heterocycles. The van der Waals surface area contributed by atoms with Gasteiger partial charge in [-0.25, -0.2) is 0 Å². The van der Waals surface area contributed by atoms with Crippen molar-refractivity contribution in [2.75, 3.05) is 13.1 Å². The quantitative estimate of drug-likeness (QED) is 0.392. The number of hydrogen-bond acceptors (Lipinski definition) is 7. The van der Waals surface area contributed by atoms with E-state index in [1.807, 2.05) is 19.1 Å². The van der Waals surface area contributed by atoms with E-state index in [1.165, 1.54) is 56.3 Å². The molecule has 0 radical (unpaired) electrons. The summed E-state index contributed by atoms with van der Waals surface area (Å²) in [5.74, 6) is 0.227. The molecule has 0 amide bonds. The second kappa shape index (κ2) is 14.0. The molecule has 0 unspecified atom stereocenters. The summed E-state index contributed by atoms with van der Waals surface area (Å²) in [6, 6.07) is 14.6. The van der Waals surface area contributed by atoms with Crippen LogP contribution in [0.5, 0.6) is 0 Å². The zero-order chi connectivity index (χ0) is 26.2. The lowest BCUT2D eigenvalue weighted by atomic mass is 9.89. The lowest BCUT2D eigenvalue weighted by molar-refractivity contribution is 0.0981. The Labute approximate surface area is 232 Å². The molecule has 6 nitrogen and oxygen atoms in total. The molecule has 2 aliphatic carbocycles. The second-order valence-electron chi connectivity index (χ2n) is 11.3. The second-order valence-corrected chi connectivity index (χ2v) is 12.4. The molecule has 4 atom stereocenters. The maximum Gasteiger partial charge on any atom is 0.162 e. The van der Waals surface area contributed by atoms with Gasteiger partial charge in [0.25, 0.3) is 0 Å².